The number of fused-ring (bicyclic) bond motifs is 1. The van der Waals surface area contributed by atoms with Gasteiger partial charge in [-0.15, -0.1) is 0 Å². The number of nitrogens with one attached hydrogen (secondary N) is 1. The molecule has 0 aliphatic carbocycles. The summed E-state index contributed by atoms with van der Waals surface area (Å²) >= 11 is 0. The van der Waals surface area contributed by atoms with Crippen molar-refractivity contribution in [1.82, 2.24) is 10.2 Å². The second-order valence-electron chi connectivity index (χ2n) is 7.14. The minimum Gasteiger partial charge on any atom is -0.451 e. The van der Waals surface area contributed by atoms with Gasteiger partial charge in [0.05, 0.1) is 11.1 Å². The standard InChI is InChI=1S/C23H24N2O5/c1-3-16(17-9-5-4-6-10-17)13-24-21(27)15(2)30-20(26)14-25-22(28)18-11-7-8-12-19(18)23(25)29/h4-12,15-16H,3,13-14H2,1-2H3,(H,24,27)/t15-,16-/m0/s1. The lowest BCUT2D eigenvalue weighted by Gasteiger charge is -2.19. The van der Waals surface area contributed by atoms with Gasteiger partial charge in [0.25, 0.3) is 17.7 Å². The highest BCUT2D eigenvalue weighted by Crippen LogP contribution is 2.22. The van der Waals surface area contributed by atoms with Crippen LogP contribution in [-0.2, 0) is 14.3 Å². The Bertz CT molecular complexity index is 922. The Morgan fingerprint density at radius 2 is 1.53 bits per heavy atom. The lowest BCUT2D eigenvalue weighted by atomic mass is 9.96. The molecule has 7 heteroatoms. The van der Waals surface area contributed by atoms with Crippen molar-refractivity contribution >= 4 is 23.7 Å². The number of rotatable bonds is 8. The van der Waals surface area contributed by atoms with E-state index < -0.39 is 36.3 Å². The maximum Gasteiger partial charge on any atom is 0.326 e. The smallest absolute Gasteiger partial charge is 0.326 e. The number of nitrogens with zero attached hydrogens (tertiary/aromatic N) is 1. The van der Waals surface area contributed by atoms with Crippen LogP contribution in [0.4, 0.5) is 0 Å². The fraction of sp³-hybridized carbons (Fsp3) is 0.304. The SMILES string of the molecule is CC[C@@H](CNC(=O)[C@H](C)OC(=O)CN1C(=O)c2ccccc2C1=O)c1ccccc1. The van der Waals surface area contributed by atoms with E-state index in [0.717, 1.165) is 16.9 Å². The number of imide groups is 1. The molecule has 0 saturated heterocycles. The van der Waals surface area contributed by atoms with Crippen LogP contribution >= 0.6 is 0 Å². The van der Waals surface area contributed by atoms with Gasteiger partial charge in [-0.3, -0.25) is 24.1 Å². The number of amides is 3. The lowest BCUT2D eigenvalue weighted by molar-refractivity contribution is -0.154. The van der Waals surface area contributed by atoms with Gasteiger partial charge >= 0.3 is 5.97 Å². The molecule has 2 atom stereocenters. The van der Waals surface area contributed by atoms with E-state index in [1.807, 2.05) is 37.3 Å². The molecule has 1 heterocycles. The van der Waals surface area contributed by atoms with Gasteiger partial charge in [-0.2, -0.15) is 0 Å². The van der Waals surface area contributed by atoms with E-state index in [0.29, 0.717) is 6.54 Å². The third-order valence-electron chi connectivity index (χ3n) is 5.13. The fourth-order valence-corrected chi connectivity index (χ4v) is 3.39. The minimum atomic E-state index is -1.04. The van der Waals surface area contributed by atoms with Crippen LogP contribution in [0.2, 0.25) is 0 Å². The van der Waals surface area contributed by atoms with Crippen LogP contribution < -0.4 is 5.32 Å². The maximum atomic E-state index is 12.3. The molecule has 156 valence electrons. The topological polar surface area (TPSA) is 92.8 Å². The van der Waals surface area contributed by atoms with E-state index >= 15 is 0 Å². The summed E-state index contributed by atoms with van der Waals surface area (Å²) in [5.74, 6) is -2.18. The van der Waals surface area contributed by atoms with E-state index in [9.17, 15) is 19.2 Å². The normalized spacial score (nSPS) is 14.8. The van der Waals surface area contributed by atoms with Crippen LogP contribution in [0.15, 0.2) is 54.6 Å². The van der Waals surface area contributed by atoms with E-state index in [4.69, 9.17) is 4.74 Å². The van der Waals surface area contributed by atoms with Gasteiger partial charge in [-0.25, -0.2) is 0 Å². The average molecular weight is 408 g/mol. The molecule has 0 spiro atoms. The van der Waals surface area contributed by atoms with Gasteiger partial charge in [-0.05, 0) is 31.0 Å². The van der Waals surface area contributed by atoms with Gasteiger partial charge in [0, 0.05) is 12.5 Å². The molecule has 2 aromatic carbocycles. The molecule has 0 aromatic heterocycles. The monoisotopic (exact) mass is 408 g/mol. The second-order valence-corrected chi connectivity index (χ2v) is 7.14. The molecular weight excluding hydrogens is 384 g/mol. The van der Waals surface area contributed by atoms with Crippen LogP contribution in [0.1, 0.15) is 52.5 Å². The van der Waals surface area contributed by atoms with Crippen LogP contribution in [0.3, 0.4) is 0 Å². The molecule has 0 bridgehead atoms. The van der Waals surface area contributed by atoms with Crippen molar-refractivity contribution in [3.63, 3.8) is 0 Å². The zero-order valence-electron chi connectivity index (χ0n) is 17.0. The molecule has 30 heavy (non-hydrogen) atoms. The van der Waals surface area contributed by atoms with Crippen molar-refractivity contribution in [2.45, 2.75) is 32.3 Å². The Morgan fingerprint density at radius 3 is 2.10 bits per heavy atom. The average Bonchev–Trinajstić information content (AvgIpc) is 2.99. The minimum absolute atomic E-state index is 0.149. The molecule has 3 amide bonds. The highest BCUT2D eigenvalue weighted by Gasteiger charge is 2.37. The number of hydrogen-bond acceptors (Lipinski definition) is 5. The van der Waals surface area contributed by atoms with Crippen LogP contribution in [0.5, 0.6) is 0 Å². The van der Waals surface area contributed by atoms with Crippen molar-refractivity contribution in [1.29, 1.82) is 0 Å². The quantitative estimate of drug-likeness (QED) is 0.535. The summed E-state index contributed by atoms with van der Waals surface area (Å²) in [4.78, 5) is 50.0. The molecule has 7 nitrogen and oxygen atoms in total. The molecule has 3 rings (SSSR count). The van der Waals surface area contributed by atoms with Gasteiger partial charge in [0.15, 0.2) is 6.10 Å². The summed E-state index contributed by atoms with van der Waals surface area (Å²) < 4.78 is 5.14. The number of esters is 1. The van der Waals surface area contributed by atoms with Crippen molar-refractivity contribution in [2.24, 2.45) is 0 Å². The second kappa shape index (κ2) is 9.35. The summed E-state index contributed by atoms with van der Waals surface area (Å²) in [7, 11) is 0. The molecule has 2 aromatic rings. The van der Waals surface area contributed by atoms with Crippen molar-refractivity contribution < 1.29 is 23.9 Å². The Balaban J connectivity index is 1.51. The largest absolute Gasteiger partial charge is 0.451 e. The third-order valence-corrected chi connectivity index (χ3v) is 5.13. The van der Waals surface area contributed by atoms with E-state index in [1.54, 1.807) is 12.1 Å². The molecule has 1 N–H and O–H groups in total. The Hall–Kier alpha value is -3.48. The number of carbonyl (C=O) groups excluding carboxylic acids is 4. The first-order valence-corrected chi connectivity index (χ1v) is 9.89. The molecule has 0 unspecified atom stereocenters. The number of ether oxygens (including phenoxy) is 1. The third kappa shape index (κ3) is 4.56. The number of benzene rings is 2. The number of hydrogen-bond donors (Lipinski definition) is 1. The van der Waals surface area contributed by atoms with Gasteiger partial charge in [0.1, 0.15) is 6.54 Å². The van der Waals surface area contributed by atoms with Gasteiger partial charge < -0.3 is 10.1 Å². The van der Waals surface area contributed by atoms with Gasteiger partial charge in [-0.1, -0.05) is 49.4 Å². The summed E-state index contributed by atoms with van der Waals surface area (Å²) in [5.41, 5.74) is 1.63. The Kier molecular flexibility index (Phi) is 6.61. The first-order valence-electron chi connectivity index (χ1n) is 9.89. The first-order chi connectivity index (χ1) is 14.4. The molecule has 0 radical (unpaired) electrons. The van der Waals surface area contributed by atoms with Crippen molar-refractivity contribution in [3.8, 4) is 0 Å². The van der Waals surface area contributed by atoms with E-state index in [-0.39, 0.29) is 17.0 Å². The summed E-state index contributed by atoms with van der Waals surface area (Å²) in [5, 5.41) is 2.80. The summed E-state index contributed by atoms with van der Waals surface area (Å²) in [6.07, 6.45) is -0.195. The zero-order chi connectivity index (χ0) is 21.7. The maximum absolute atomic E-state index is 12.3. The molecule has 0 saturated carbocycles. The highest BCUT2D eigenvalue weighted by molar-refractivity contribution is 6.22. The zero-order valence-corrected chi connectivity index (χ0v) is 17.0. The molecule has 1 aliphatic rings. The highest BCUT2D eigenvalue weighted by atomic mass is 16.5. The predicted octanol–water partition coefficient (Wildman–Crippen LogP) is 2.52. The summed E-state index contributed by atoms with van der Waals surface area (Å²) in [6.45, 7) is 3.37. The lowest BCUT2D eigenvalue weighted by Crippen LogP contribution is -2.41. The van der Waals surface area contributed by atoms with Crippen molar-refractivity contribution in [2.75, 3.05) is 13.1 Å². The number of carbonyl (C=O) groups is 4. The van der Waals surface area contributed by atoms with Crippen LogP contribution in [0.25, 0.3) is 0 Å². The molecule has 0 fully saturated rings. The van der Waals surface area contributed by atoms with E-state index in [1.165, 1.54) is 19.1 Å². The van der Waals surface area contributed by atoms with Crippen LogP contribution in [-0.4, -0.2) is 47.8 Å². The predicted molar refractivity (Wildman–Crippen MR) is 110 cm³/mol. The van der Waals surface area contributed by atoms with Crippen LogP contribution in [0, 0.1) is 0 Å². The van der Waals surface area contributed by atoms with Crippen molar-refractivity contribution in [3.05, 3.63) is 71.3 Å². The molecular formula is C23H24N2O5. The molecule has 1 aliphatic heterocycles. The fourth-order valence-electron chi connectivity index (χ4n) is 3.39. The van der Waals surface area contributed by atoms with E-state index in [2.05, 4.69) is 5.32 Å². The Morgan fingerprint density at radius 1 is 0.967 bits per heavy atom. The van der Waals surface area contributed by atoms with Gasteiger partial charge in [0.2, 0.25) is 0 Å². The Labute approximate surface area is 175 Å². The first kappa shape index (κ1) is 21.2. The summed E-state index contributed by atoms with van der Waals surface area (Å²) in [6, 6.07) is 16.2.